The van der Waals surface area contributed by atoms with Crippen molar-refractivity contribution in [2.24, 2.45) is 0 Å². The number of benzene rings is 2. The quantitative estimate of drug-likeness (QED) is 0.680. The van der Waals surface area contributed by atoms with E-state index < -0.39 is 23.6 Å². The molecule has 156 valence electrons. The van der Waals surface area contributed by atoms with Gasteiger partial charge in [-0.15, -0.1) is 13.2 Å². The standard InChI is InChI=1S/C21H18F3N3O3/c1-13-3-4-14(2)17(11-13)18-9-10-20(29)27(26-18)12-19(28)25-15-5-7-16(8-6-15)30-21(22,23)24/h3-11H,12H2,1-2H3,(H,25,28). The summed E-state index contributed by atoms with van der Waals surface area (Å²) in [6, 6.07) is 13.5. The predicted molar refractivity (Wildman–Crippen MR) is 105 cm³/mol. The Labute approximate surface area is 169 Å². The van der Waals surface area contributed by atoms with Gasteiger partial charge in [0, 0.05) is 17.3 Å². The molecule has 0 fully saturated rings. The summed E-state index contributed by atoms with van der Waals surface area (Å²) in [7, 11) is 0. The van der Waals surface area contributed by atoms with E-state index in [0.29, 0.717) is 5.69 Å². The first kappa shape index (κ1) is 21.1. The van der Waals surface area contributed by atoms with Crippen molar-refractivity contribution < 1.29 is 22.7 Å². The maximum absolute atomic E-state index is 12.3. The summed E-state index contributed by atoms with van der Waals surface area (Å²) in [5, 5.41) is 6.79. The number of nitrogens with zero attached hydrogens (tertiary/aromatic N) is 2. The molecule has 0 atom stereocenters. The summed E-state index contributed by atoms with van der Waals surface area (Å²) >= 11 is 0. The molecule has 0 radical (unpaired) electrons. The van der Waals surface area contributed by atoms with Crippen LogP contribution in [-0.4, -0.2) is 22.1 Å². The van der Waals surface area contributed by atoms with Crippen molar-refractivity contribution in [1.29, 1.82) is 0 Å². The number of aromatic nitrogens is 2. The van der Waals surface area contributed by atoms with Gasteiger partial charge in [0.2, 0.25) is 5.91 Å². The van der Waals surface area contributed by atoms with E-state index in [1.165, 1.54) is 18.2 Å². The summed E-state index contributed by atoms with van der Waals surface area (Å²) in [6.45, 7) is 3.51. The summed E-state index contributed by atoms with van der Waals surface area (Å²) in [6.07, 6.45) is -4.79. The molecule has 30 heavy (non-hydrogen) atoms. The first-order valence-corrected chi connectivity index (χ1v) is 8.92. The Morgan fingerprint density at radius 2 is 1.77 bits per heavy atom. The monoisotopic (exact) mass is 417 g/mol. The fraction of sp³-hybridized carbons (Fsp3) is 0.190. The molecule has 0 saturated carbocycles. The lowest BCUT2D eigenvalue weighted by Crippen LogP contribution is -2.29. The number of hydrogen-bond donors (Lipinski definition) is 1. The highest BCUT2D eigenvalue weighted by Gasteiger charge is 2.30. The highest BCUT2D eigenvalue weighted by atomic mass is 19.4. The second-order valence-electron chi connectivity index (χ2n) is 6.65. The van der Waals surface area contributed by atoms with Crippen LogP contribution in [0.1, 0.15) is 11.1 Å². The Hall–Kier alpha value is -3.62. The first-order valence-electron chi connectivity index (χ1n) is 8.92. The number of amides is 1. The SMILES string of the molecule is Cc1ccc(C)c(-c2ccc(=O)n(CC(=O)Nc3ccc(OC(F)(F)F)cc3)n2)c1. The zero-order valence-corrected chi connectivity index (χ0v) is 16.2. The van der Waals surface area contributed by atoms with E-state index in [-0.39, 0.29) is 12.2 Å². The van der Waals surface area contributed by atoms with Gasteiger partial charge in [-0.3, -0.25) is 9.59 Å². The molecule has 0 bridgehead atoms. The van der Waals surface area contributed by atoms with E-state index in [9.17, 15) is 22.8 Å². The summed E-state index contributed by atoms with van der Waals surface area (Å²) in [5.41, 5.74) is 3.22. The number of anilines is 1. The molecule has 0 aliphatic carbocycles. The average molecular weight is 417 g/mol. The van der Waals surface area contributed by atoms with Crippen LogP contribution >= 0.6 is 0 Å². The Morgan fingerprint density at radius 3 is 2.43 bits per heavy atom. The van der Waals surface area contributed by atoms with Crippen molar-refractivity contribution in [1.82, 2.24) is 9.78 Å². The topological polar surface area (TPSA) is 73.2 Å². The predicted octanol–water partition coefficient (Wildman–Crippen LogP) is 4.06. The number of nitrogens with one attached hydrogen (secondary N) is 1. The molecule has 0 unspecified atom stereocenters. The number of carbonyl (C=O) groups is 1. The van der Waals surface area contributed by atoms with Crippen LogP contribution in [0.25, 0.3) is 11.3 Å². The van der Waals surface area contributed by atoms with Crippen molar-refractivity contribution in [2.75, 3.05) is 5.32 Å². The molecule has 3 rings (SSSR count). The number of aryl methyl sites for hydroxylation is 2. The van der Waals surface area contributed by atoms with Crippen molar-refractivity contribution in [3.8, 4) is 17.0 Å². The molecule has 0 saturated heterocycles. The Morgan fingerprint density at radius 1 is 1.07 bits per heavy atom. The molecule has 0 aliphatic heterocycles. The molecule has 9 heteroatoms. The van der Waals surface area contributed by atoms with Crippen molar-refractivity contribution >= 4 is 11.6 Å². The maximum atomic E-state index is 12.3. The Balaban J connectivity index is 1.74. The lowest BCUT2D eigenvalue weighted by molar-refractivity contribution is -0.274. The van der Waals surface area contributed by atoms with Crippen LogP contribution in [0.2, 0.25) is 0 Å². The van der Waals surface area contributed by atoms with Gasteiger partial charge in [0.25, 0.3) is 5.56 Å². The van der Waals surface area contributed by atoms with Crippen LogP contribution in [0.3, 0.4) is 0 Å². The van der Waals surface area contributed by atoms with E-state index in [1.807, 2.05) is 32.0 Å². The third-order valence-corrected chi connectivity index (χ3v) is 4.20. The molecule has 1 aromatic heterocycles. The summed E-state index contributed by atoms with van der Waals surface area (Å²) in [4.78, 5) is 24.4. The minimum absolute atomic E-state index is 0.258. The normalized spacial score (nSPS) is 11.2. The second kappa shape index (κ2) is 8.40. The molecule has 0 spiro atoms. The number of ether oxygens (including phenoxy) is 1. The number of alkyl halides is 3. The van der Waals surface area contributed by atoms with Gasteiger partial charge >= 0.3 is 6.36 Å². The van der Waals surface area contributed by atoms with E-state index in [4.69, 9.17) is 0 Å². The molecule has 1 amide bonds. The first-order chi connectivity index (χ1) is 14.1. The molecule has 1 heterocycles. The highest BCUT2D eigenvalue weighted by Crippen LogP contribution is 2.24. The molecule has 3 aromatic rings. The number of rotatable bonds is 5. The van der Waals surface area contributed by atoms with Crippen LogP contribution in [0, 0.1) is 13.8 Å². The fourth-order valence-electron chi connectivity index (χ4n) is 2.79. The minimum Gasteiger partial charge on any atom is -0.406 e. The third kappa shape index (κ3) is 5.47. The number of carbonyl (C=O) groups excluding carboxylic acids is 1. The smallest absolute Gasteiger partial charge is 0.406 e. The molecule has 6 nitrogen and oxygen atoms in total. The Kier molecular flexibility index (Phi) is 5.91. The van der Waals surface area contributed by atoms with E-state index >= 15 is 0 Å². The molecular formula is C21H18F3N3O3. The van der Waals surface area contributed by atoms with Crippen LogP contribution in [0.5, 0.6) is 5.75 Å². The van der Waals surface area contributed by atoms with Gasteiger partial charge < -0.3 is 10.1 Å². The second-order valence-corrected chi connectivity index (χ2v) is 6.65. The van der Waals surface area contributed by atoms with E-state index in [1.54, 1.807) is 6.07 Å². The van der Waals surface area contributed by atoms with Gasteiger partial charge in [-0.25, -0.2) is 4.68 Å². The lowest BCUT2D eigenvalue weighted by atomic mass is 10.0. The number of hydrogen-bond acceptors (Lipinski definition) is 4. The highest BCUT2D eigenvalue weighted by molar-refractivity contribution is 5.90. The minimum atomic E-state index is -4.79. The summed E-state index contributed by atoms with van der Waals surface area (Å²) < 4.78 is 41.4. The van der Waals surface area contributed by atoms with Crippen LogP contribution in [0.4, 0.5) is 18.9 Å². The van der Waals surface area contributed by atoms with E-state index in [2.05, 4.69) is 15.2 Å². The van der Waals surface area contributed by atoms with Gasteiger partial charge in [0.05, 0.1) is 5.69 Å². The lowest BCUT2D eigenvalue weighted by Gasteiger charge is -2.11. The van der Waals surface area contributed by atoms with E-state index in [0.717, 1.165) is 33.5 Å². The zero-order chi connectivity index (χ0) is 21.9. The van der Waals surface area contributed by atoms with Crippen molar-refractivity contribution in [2.45, 2.75) is 26.8 Å². The van der Waals surface area contributed by atoms with Gasteiger partial charge in [-0.05, 0) is 55.8 Å². The molecular weight excluding hydrogens is 399 g/mol. The average Bonchev–Trinajstić information content (AvgIpc) is 2.66. The third-order valence-electron chi connectivity index (χ3n) is 4.20. The van der Waals surface area contributed by atoms with Crippen molar-refractivity contribution in [3.63, 3.8) is 0 Å². The maximum Gasteiger partial charge on any atom is 0.573 e. The number of halogens is 3. The van der Waals surface area contributed by atoms with Crippen LogP contribution in [0.15, 0.2) is 59.4 Å². The van der Waals surface area contributed by atoms with Crippen LogP contribution in [-0.2, 0) is 11.3 Å². The largest absolute Gasteiger partial charge is 0.573 e. The van der Waals surface area contributed by atoms with Gasteiger partial charge in [-0.1, -0.05) is 17.7 Å². The van der Waals surface area contributed by atoms with Gasteiger partial charge in [-0.2, -0.15) is 5.10 Å². The van der Waals surface area contributed by atoms with Crippen LogP contribution < -0.4 is 15.6 Å². The fourth-order valence-corrected chi connectivity index (χ4v) is 2.79. The zero-order valence-electron chi connectivity index (χ0n) is 16.2. The molecule has 2 aromatic carbocycles. The van der Waals surface area contributed by atoms with Gasteiger partial charge in [0.15, 0.2) is 0 Å². The molecule has 1 N–H and O–H groups in total. The van der Waals surface area contributed by atoms with Gasteiger partial charge in [0.1, 0.15) is 12.3 Å². The van der Waals surface area contributed by atoms with Crippen molar-refractivity contribution in [3.05, 3.63) is 76.1 Å². The molecule has 0 aliphatic rings. The summed E-state index contributed by atoms with van der Waals surface area (Å²) in [5.74, 6) is -0.952. The Bertz CT molecular complexity index is 1120.